The van der Waals surface area contributed by atoms with E-state index in [0.717, 1.165) is 16.6 Å². The standard InChI is InChI=1S/C18H17N3O3.ClH/c1-11(22)12-5-4-6-13(7-12)21-18-14-8-16(23-2)17(24-3)9-15(14)19-10-20-18;/h4-10H,1-3H3,(H,19,20,21);1H. The number of ketones is 1. The van der Waals surface area contributed by atoms with Crippen molar-refractivity contribution < 1.29 is 14.3 Å². The predicted octanol–water partition coefficient (Wildman–Crippen LogP) is 4.02. The molecule has 0 unspecified atom stereocenters. The van der Waals surface area contributed by atoms with Gasteiger partial charge in [0.15, 0.2) is 17.3 Å². The summed E-state index contributed by atoms with van der Waals surface area (Å²) in [6, 6.07) is 10.9. The quantitative estimate of drug-likeness (QED) is 0.694. The van der Waals surface area contributed by atoms with E-state index in [1.807, 2.05) is 18.2 Å². The van der Waals surface area contributed by atoms with Crippen molar-refractivity contribution in [1.29, 1.82) is 0 Å². The van der Waals surface area contributed by atoms with Gasteiger partial charge in [0.05, 0.1) is 19.7 Å². The summed E-state index contributed by atoms with van der Waals surface area (Å²) in [7, 11) is 3.16. The van der Waals surface area contributed by atoms with Gasteiger partial charge < -0.3 is 14.8 Å². The number of ether oxygens (including phenoxy) is 2. The zero-order valence-electron chi connectivity index (χ0n) is 14.1. The van der Waals surface area contributed by atoms with Gasteiger partial charge in [0.1, 0.15) is 12.1 Å². The maximum absolute atomic E-state index is 11.5. The first-order valence-electron chi connectivity index (χ1n) is 7.37. The van der Waals surface area contributed by atoms with Crippen LogP contribution in [-0.4, -0.2) is 30.0 Å². The number of hydrogen-bond donors (Lipinski definition) is 1. The Morgan fingerprint density at radius 2 is 1.76 bits per heavy atom. The Morgan fingerprint density at radius 1 is 1.04 bits per heavy atom. The van der Waals surface area contributed by atoms with Gasteiger partial charge in [-0.05, 0) is 25.1 Å². The van der Waals surface area contributed by atoms with E-state index in [4.69, 9.17) is 9.47 Å². The average Bonchev–Trinajstić information content (AvgIpc) is 2.61. The smallest absolute Gasteiger partial charge is 0.162 e. The molecule has 0 aliphatic heterocycles. The van der Waals surface area contributed by atoms with Gasteiger partial charge in [-0.1, -0.05) is 12.1 Å². The van der Waals surface area contributed by atoms with Crippen LogP contribution < -0.4 is 14.8 Å². The van der Waals surface area contributed by atoms with E-state index in [-0.39, 0.29) is 18.2 Å². The number of benzene rings is 2. The molecule has 1 aromatic heterocycles. The normalized spacial score (nSPS) is 10.0. The average molecular weight is 360 g/mol. The van der Waals surface area contributed by atoms with Crippen LogP contribution >= 0.6 is 12.4 Å². The van der Waals surface area contributed by atoms with Crippen LogP contribution in [0.2, 0.25) is 0 Å². The minimum absolute atomic E-state index is 0. The van der Waals surface area contributed by atoms with Crippen LogP contribution in [0.25, 0.3) is 10.9 Å². The first kappa shape index (κ1) is 18.5. The Bertz CT molecular complexity index is 915. The molecule has 3 rings (SSSR count). The summed E-state index contributed by atoms with van der Waals surface area (Å²) in [5, 5.41) is 4.03. The lowest BCUT2D eigenvalue weighted by molar-refractivity contribution is 0.101. The highest BCUT2D eigenvalue weighted by Gasteiger charge is 2.11. The highest BCUT2D eigenvalue weighted by Crippen LogP contribution is 2.34. The molecule has 7 heteroatoms. The van der Waals surface area contributed by atoms with Gasteiger partial charge in [-0.15, -0.1) is 12.4 Å². The lowest BCUT2D eigenvalue weighted by Gasteiger charge is -2.12. The SMILES string of the molecule is COc1cc2ncnc(Nc3cccc(C(C)=O)c3)c2cc1OC.Cl. The van der Waals surface area contributed by atoms with E-state index >= 15 is 0 Å². The molecule has 0 fully saturated rings. The topological polar surface area (TPSA) is 73.3 Å². The molecule has 0 aliphatic carbocycles. The number of rotatable bonds is 5. The number of nitrogens with zero attached hydrogens (tertiary/aromatic N) is 2. The van der Waals surface area contributed by atoms with Crippen molar-refractivity contribution in [2.24, 2.45) is 0 Å². The monoisotopic (exact) mass is 359 g/mol. The number of halogens is 1. The van der Waals surface area contributed by atoms with Crippen LogP contribution in [0, 0.1) is 0 Å². The van der Waals surface area contributed by atoms with Crippen molar-refractivity contribution in [3.63, 3.8) is 0 Å². The van der Waals surface area contributed by atoms with Crippen LogP contribution in [0.4, 0.5) is 11.5 Å². The first-order valence-corrected chi connectivity index (χ1v) is 7.37. The fraction of sp³-hybridized carbons (Fsp3) is 0.167. The fourth-order valence-electron chi connectivity index (χ4n) is 2.44. The number of carbonyl (C=O) groups excluding carboxylic acids is 1. The number of anilines is 2. The Morgan fingerprint density at radius 3 is 2.44 bits per heavy atom. The molecule has 25 heavy (non-hydrogen) atoms. The van der Waals surface area contributed by atoms with Crippen molar-refractivity contribution in [3.05, 3.63) is 48.3 Å². The van der Waals surface area contributed by atoms with E-state index < -0.39 is 0 Å². The molecule has 3 aromatic rings. The number of aromatic nitrogens is 2. The Kier molecular flexibility index (Phi) is 5.77. The summed E-state index contributed by atoms with van der Waals surface area (Å²) in [6.45, 7) is 1.54. The number of hydrogen-bond acceptors (Lipinski definition) is 6. The molecule has 0 spiro atoms. The van der Waals surface area contributed by atoms with Gasteiger partial charge in [-0.25, -0.2) is 9.97 Å². The second-order valence-corrected chi connectivity index (χ2v) is 5.21. The van der Waals surface area contributed by atoms with E-state index in [0.29, 0.717) is 22.9 Å². The molecule has 0 bridgehead atoms. The summed E-state index contributed by atoms with van der Waals surface area (Å²) in [5.74, 6) is 1.84. The third-order valence-corrected chi connectivity index (χ3v) is 3.67. The van der Waals surface area contributed by atoms with Crippen LogP contribution in [-0.2, 0) is 0 Å². The highest BCUT2D eigenvalue weighted by molar-refractivity contribution is 5.96. The van der Waals surface area contributed by atoms with Crippen LogP contribution in [0.1, 0.15) is 17.3 Å². The van der Waals surface area contributed by atoms with Gasteiger partial charge >= 0.3 is 0 Å². The largest absolute Gasteiger partial charge is 0.493 e. The van der Waals surface area contributed by atoms with E-state index in [2.05, 4.69) is 15.3 Å². The molecule has 0 saturated heterocycles. The Hall–Kier alpha value is -2.86. The maximum Gasteiger partial charge on any atom is 0.162 e. The Balaban J connectivity index is 0.00000225. The number of Topliss-reactive ketones (excluding diaryl/α,β-unsaturated/α-hetero) is 1. The van der Waals surface area contributed by atoms with Gasteiger partial charge in [-0.3, -0.25) is 4.79 Å². The highest BCUT2D eigenvalue weighted by atomic mass is 35.5. The molecule has 0 saturated carbocycles. The van der Waals surface area contributed by atoms with Crippen molar-refractivity contribution in [1.82, 2.24) is 9.97 Å². The minimum Gasteiger partial charge on any atom is -0.493 e. The second-order valence-electron chi connectivity index (χ2n) is 5.21. The lowest BCUT2D eigenvalue weighted by Crippen LogP contribution is -1.99. The molecule has 1 heterocycles. The Labute approximate surface area is 151 Å². The van der Waals surface area contributed by atoms with Crippen LogP contribution in [0.3, 0.4) is 0 Å². The summed E-state index contributed by atoms with van der Waals surface area (Å²) < 4.78 is 10.6. The fourth-order valence-corrected chi connectivity index (χ4v) is 2.44. The summed E-state index contributed by atoms with van der Waals surface area (Å²) in [6.07, 6.45) is 1.48. The molecule has 2 aromatic carbocycles. The van der Waals surface area contributed by atoms with Gasteiger partial charge in [-0.2, -0.15) is 0 Å². The predicted molar refractivity (Wildman–Crippen MR) is 99.6 cm³/mol. The summed E-state index contributed by atoms with van der Waals surface area (Å²) >= 11 is 0. The van der Waals surface area contributed by atoms with E-state index in [9.17, 15) is 4.79 Å². The zero-order valence-corrected chi connectivity index (χ0v) is 14.9. The number of nitrogens with one attached hydrogen (secondary N) is 1. The van der Waals surface area contributed by atoms with Gasteiger partial charge in [0, 0.05) is 22.7 Å². The zero-order chi connectivity index (χ0) is 17.1. The van der Waals surface area contributed by atoms with Crippen LogP contribution in [0.5, 0.6) is 11.5 Å². The van der Waals surface area contributed by atoms with Gasteiger partial charge in [0.2, 0.25) is 0 Å². The van der Waals surface area contributed by atoms with Crippen LogP contribution in [0.15, 0.2) is 42.7 Å². The van der Waals surface area contributed by atoms with E-state index in [1.54, 1.807) is 32.4 Å². The third-order valence-electron chi connectivity index (χ3n) is 3.67. The van der Waals surface area contributed by atoms with Crippen molar-refractivity contribution in [2.45, 2.75) is 6.92 Å². The summed E-state index contributed by atoms with van der Waals surface area (Å²) in [5.41, 5.74) is 2.14. The molecule has 6 nitrogen and oxygen atoms in total. The second kappa shape index (κ2) is 7.81. The molecular formula is C18H18ClN3O3. The van der Waals surface area contributed by atoms with E-state index in [1.165, 1.54) is 13.3 Å². The third kappa shape index (κ3) is 3.80. The number of carbonyl (C=O) groups is 1. The summed E-state index contributed by atoms with van der Waals surface area (Å²) in [4.78, 5) is 20.1. The first-order chi connectivity index (χ1) is 11.6. The van der Waals surface area contributed by atoms with Crippen molar-refractivity contribution in [2.75, 3.05) is 19.5 Å². The number of methoxy groups -OCH3 is 2. The molecular weight excluding hydrogens is 342 g/mol. The van der Waals surface area contributed by atoms with Crippen molar-refractivity contribution >= 4 is 40.6 Å². The molecule has 0 amide bonds. The minimum atomic E-state index is 0. The molecule has 0 atom stereocenters. The maximum atomic E-state index is 11.5. The number of fused-ring (bicyclic) bond motifs is 1. The molecule has 1 N–H and O–H groups in total. The van der Waals surface area contributed by atoms with Crippen molar-refractivity contribution in [3.8, 4) is 11.5 Å². The molecule has 130 valence electrons. The lowest BCUT2D eigenvalue weighted by atomic mass is 10.1. The molecule has 0 aliphatic rings. The van der Waals surface area contributed by atoms with Gasteiger partial charge in [0.25, 0.3) is 0 Å². The molecule has 0 radical (unpaired) electrons.